The van der Waals surface area contributed by atoms with E-state index in [0.29, 0.717) is 0 Å². The summed E-state index contributed by atoms with van der Waals surface area (Å²) < 4.78 is 18.0. The van der Waals surface area contributed by atoms with Crippen LogP contribution in [0, 0.1) is 5.82 Å². The number of rotatable bonds is 1. The van der Waals surface area contributed by atoms with E-state index in [4.69, 9.17) is 4.74 Å². The van der Waals surface area contributed by atoms with E-state index in [0.717, 1.165) is 0 Å². The molecule has 0 bridgehead atoms. The maximum atomic E-state index is 13.2. The van der Waals surface area contributed by atoms with Gasteiger partial charge >= 0.3 is 5.97 Å². The number of nitrogens with zero attached hydrogens (tertiary/aromatic N) is 1. The van der Waals surface area contributed by atoms with Crippen molar-refractivity contribution in [3.63, 3.8) is 0 Å². The third-order valence-electron chi connectivity index (χ3n) is 1.95. The van der Waals surface area contributed by atoms with Crippen LogP contribution in [0.1, 0.15) is 12.5 Å². The minimum Gasteiger partial charge on any atom is -0.405 e. The quantitative estimate of drug-likeness (QED) is 0.634. The van der Waals surface area contributed by atoms with Gasteiger partial charge in [-0.25, -0.2) is 14.2 Å². The van der Waals surface area contributed by atoms with Crippen LogP contribution in [0.5, 0.6) is 0 Å². The van der Waals surface area contributed by atoms with E-state index in [-0.39, 0.29) is 11.5 Å². The zero-order valence-electron chi connectivity index (χ0n) is 7.53. The summed E-state index contributed by atoms with van der Waals surface area (Å²) in [5.74, 6) is -0.808. The molecule has 72 valence electrons. The first-order chi connectivity index (χ1) is 6.68. The Hall–Kier alpha value is -1.71. The van der Waals surface area contributed by atoms with E-state index < -0.39 is 17.8 Å². The van der Waals surface area contributed by atoms with Gasteiger partial charge in [0, 0.05) is 0 Å². The van der Waals surface area contributed by atoms with Gasteiger partial charge in [0.15, 0.2) is 0 Å². The molecule has 0 fully saturated rings. The predicted molar refractivity (Wildman–Crippen MR) is 48.5 cm³/mol. The lowest BCUT2D eigenvalue weighted by molar-refractivity contribution is -0.134. The summed E-state index contributed by atoms with van der Waals surface area (Å²) >= 11 is 0. The molecule has 0 unspecified atom stereocenters. The first-order valence-corrected chi connectivity index (χ1v) is 4.23. The van der Waals surface area contributed by atoms with E-state index in [1.807, 2.05) is 0 Å². The summed E-state index contributed by atoms with van der Waals surface area (Å²) in [6.07, 6.45) is 0. The van der Waals surface area contributed by atoms with Crippen LogP contribution in [0.4, 0.5) is 4.39 Å². The monoisotopic (exact) mass is 193 g/mol. The Morgan fingerprint density at radius 1 is 1.43 bits per heavy atom. The van der Waals surface area contributed by atoms with Crippen molar-refractivity contribution < 1.29 is 13.9 Å². The molecule has 0 saturated carbocycles. The van der Waals surface area contributed by atoms with Crippen molar-refractivity contribution in [1.29, 1.82) is 0 Å². The highest BCUT2D eigenvalue weighted by Crippen LogP contribution is 2.15. The van der Waals surface area contributed by atoms with Crippen molar-refractivity contribution in [3.8, 4) is 0 Å². The Morgan fingerprint density at radius 3 is 2.71 bits per heavy atom. The lowest BCUT2D eigenvalue weighted by atomic mass is 10.2. The molecule has 1 atom stereocenters. The number of hydrogen-bond donors (Lipinski definition) is 0. The number of carbonyl (C=O) groups is 1. The van der Waals surface area contributed by atoms with Crippen LogP contribution in [0.15, 0.2) is 29.3 Å². The summed E-state index contributed by atoms with van der Waals surface area (Å²) in [6, 6.07) is 5.52. The molecule has 1 heterocycles. The fourth-order valence-corrected chi connectivity index (χ4v) is 1.19. The van der Waals surface area contributed by atoms with Gasteiger partial charge in [0.25, 0.3) is 0 Å². The van der Waals surface area contributed by atoms with E-state index in [9.17, 15) is 9.18 Å². The van der Waals surface area contributed by atoms with Crippen molar-refractivity contribution >= 4 is 11.9 Å². The Bertz CT molecular complexity index is 414. The van der Waals surface area contributed by atoms with Gasteiger partial charge in [-0.15, -0.1) is 0 Å². The molecule has 0 N–H and O–H groups in total. The molecule has 0 spiro atoms. The number of cyclic esters (lactones) is 1. The van der Waals surface area contributed by atoms with Crippen molar-refractivity contribution in [2.45, 2.75) is 13.0 Å². The van der Waals surface area contributed by atoms with E-state index >= 15 is 0 Å². The van der Waals surface area contributed by atoms with Crippen LogP contribution < -0.4 is 0 Å². The summed E-state index contributed by atoms with van der Waals surface area (Å²) in [6.45, 7) is 1.61. The van der Waals surface area contributed by atoms with Crippen LogP contribution in [0.25, 0.3) is 0 Å². The second kappa shape index (κ2) is 3.21. The maximum Gasteiger partial charge on any atom is 0.337 e. The summed E-state index contributed by atoms with van der Waals surface area (Å²) in [5.41, 5.74) is 0.227. The molecule has 4 heteroatoms. The van der Waals surface area contributed by atoms with Crippen LogP contribution in [-0.2, 0) is 9.53 Å². The third-order valence-corrected chi connectivity index (χ3v) is 1.95. The van der Waals surface area contributed by atoms with Crippen molar-refractivity contribution in [2.24, 2.45) is 4.99 Å². The van der Waals surface area contributed by atoms with Crippen molar-refractivity contribution in [2.75, 3.05) is 0 Å². The highest BCUT2D eigenvalue weighted by Gasteiger charge is 2.26. The Labute approximate surface area is 80.2 Å². The molecule has 14 heavy (non-hydrogen) atoms. The normalized spacial score (nSPS) is 20.6. The van der Waals surface area contributed by atoms with Crippen LogP contribution in [0.2, 0.25) is 0 Å². The first-order valence-electron chi connectivity index (χ1n) is 4.23. The first kappa shape index (κ1) is 8.87. The van der Waals surface area contributed by atoms with Gasteiger partial charge in [-0.05, 0) is 19.1 Å². The standard InChI is InChI=1S/C10H8FNO2/c1-6-10(13)14-9(12-6)7-4-2-3-5-8(7)11/h2-6H,1H3/t6-/m1/s1. The molecule has 0 radical (unpaired) electrons. The number of ether oxygens (including phenoxy) is 1. The summed E-state index contributed by atoms with van der Waals surface area (Å²) in [5, 5.41) is 0. The van der Waals surface area contributed by atoms with Gasteiger partial charge in [0.05, 0.1) is 5.56 Å². The fourth-order valence-electron chi connectivity index (χ4n) is 1.19. The Balaban J connectivity index is 2.38. The molecule has 0 aromatic heterocycles. The number of aliphatic imine (C=N–C) groups is 1. The summed E-state index contributed by atoms with van der Waals surface area (Å²) in [7, 11) is 0. The van der Waals surface area contributed by atoms with Crippen LogP contribution in [-0.4, -0.2) is 17.9 Å². The van der Waals surface area contributed by atoms with Gasteiger partial charge < -0.3 is 4.74 Å². The number of halogens is 1. The largest absolute Gasteiger partial charge is 0.405 e. The molecule has 1 aliphatic heterocycles. The SMILES string of the molecule is C[C@H]1N=C(c2ccccc2F)OC1=O. The van der Waals surface area contributed by atoms with Crippen LogP contribution >= 0.6 is 0 Å². The van der Waals surface area contributed by atoms with Crippen molar-refractivity contribution in [1.82, 2.24) is 0 Å². The lowest BCUT2D eigenvalue weighted by Gasteiger charge is -2.00. The van der Waals surface area contributed by atoms with Gasteiger partial charge in [-0.1, -0.05) is 12.1 Å². The fraction of sp³-hybridized carbons (Fsp3) is 0.200. The number of benzene rings is 1. The average molecular weight is 193 g/mol. The predicted octanol–water partition coefficient (Wildman–Crippen LogP) is 1.52. The molecule has 0 amide bonds. The molecular formula is C10H8FNO2. The Kier molecular flexibility index (Phi) is 2.04. The molecule has 3 nitrogen and oxygen atoms in total. The average Bonchev–Trinajstić information content (AvgIpc) is 2.48. The molecule has 1 aromatic rings. The third kappa shape index (κ3) is 1.39. The van der Waals surface area contributed by atoms with Crippen LogP contribution in [0.3, 0.4) is 0 Å². The highest BCUT2D eigenvalue weighted by molar-refractivity contribution is 6.06. The molecule has 2 rings (SSSR count). The second-order valence-corrected chi connectivity index (χ2v) is 3.01. The minimum absolute atomic E-state index is 0.0700. The minimum atomic E-state index is -0.537. The Morgan fingerprint density at radius 2 is 2.14 bits per heavy atom. The molecule has 1 aromatic carbocycles. The number of carbonyl (C=O) groups excluding carboxylic acids is 1. The molecule has 1 aliphatic rings. The number of esters is 1. The second-order valence-electron chi connectivity index (χ2n) is 3.01. The van der Waals surface area contributed by atoms with Gasteiger partial charge in [0.1, 0.15) is 11.9 Å². The number of hydrogen-bond acceptors (Lipinski definition) is 3. The smallest absolute Gasteiger partial charge is 0.337 e. The van der Waals surface area contributed by atoms with Gasteiger partial charge in [0.2, 0.25) is 5.90 Å². The molecule has 0 aliphatic carbocycles. The maximum absolute atomic E-state index is 13.2. The zero-order valence-corrected chi connectivity index (χ0v) is 7.53. The van der Waals surface area contributed by atoms with E-state index in [1.165, 1.54) is 12.1 Å². The zero-order chi connectivity index (χ0) is 10.1. The van der Waals surface area contributed by atoms with Crippen molar-refractivity contribution in [3.05, 3.63) is 35.6 Å². The summed E-state index contributed by atoms with van der Waals surface area (Å²) in [4.78, 5) is 14.9. The highest BCUT2D eigenvalue weighted by atomic mass is 19.1. The van der Waals surface area contributed by atoms with Gasteiger partial charge in [-0.3, -0.25) is 0 Å². The molecular weight excluding hydrogens is 185 g/mol. The molecule has 0 saturated heterocycles. The topological polar surface area (TPSA) is 38.7 Å². The van der Waals surface area contributed by atoms with E-state index in [2.05, 4.69) is 4.99 Å². The lowest BCUT2D eigenvalue weighted by Crippen LogP contribution is -2.11. The van der Waals surface area contributed by atoms with E-state index in [1.54, 1.807) is 19.1 Å². The van der Waals surface area contributed by atoms with Gasteiger partial charge in [-0.2, -0.15) is 0 Å².